The van der Waals surface area contributed by atoms with Gasteiger partial charge in [-0.05, 0) is 67.1 Å². The number of benzene rings is 3. The van der Waals surface area contributed by atoms with Crippen molar-refractivity contribution in [1.29, 1.82) is 0 Å². The van der Waals surface area contributed by atoms with Crippen LogP contribution in [-0.4, -0.2) is 17.2 Å². The maximum absolute atomic E-state index is 13.8. The molecule has 9 heteroatoms. The van der Waals surface area contributed by atoms with Crippen LogP contribution in [0.3, 0.4) is 0 Å². The maximum atomic E-state index is 13.8. The van der Waals surface area contributed by atoms with Crippen LogP contribution in [0.4, 0.5) is 29.3 Å². The zero-order chi connectivity index (χ0) is 24.7. The Balaban J connectivity index is 1.96. The lowest BCUT2D eigenvalue weighted by Crippen LogP contribution is -2.49. The van der Waals surface area contributed by atoms with Gasteiger partial charge in [-0.3, -0.25) is 9.80 Å². The van der Waals surface area contributed by atoms with Gasteiger partial charge >= 0.3 is 12.2 Å². The highest BCUT2D eigenvalue weighted by molar-refractivity contribution is 6.31. The van der Waals surface area contributed by atoms with Gasteiger partial charge in [0.25, 0.3) is 0 Å². The van der Waals surface area contributed by atoms with Crippen molar-refractivity contribution < 1.29 is 23.1 Å². The van der Waals surface area contributed by atoms with Crippen LogP contribution in [0.5, 0.6) is 0 Å². The van der Waals surface area contributed by atoms with Gasteiger partial charge in [0.1, 0.15) is 0 Å². The van der Waals surface area contributed by atoms with Gasteiger partial charge in [0.15, 0.2) is 5.72 Å². The van der Waals surface area contributed by atoms with Crippen molar-refractivity contribution in [3.63, 3.8) is 0 Å². The highest BCUT2D eigenvalue weighted by Crippen LogP contribution is 2.47. The summed E-state index contributed by atoms with van der Waals surface area (Å²) >= 11 is 12.0. The summed E-state index contributed by atoms with van der Waals surface area (Å²) in [7, 11) is 0. The van der Waals surface area contributed by atoms with Crippen LogP contribution in [0.2, 0.25) is 10.0 Å². The number of nitrogens with zero attached hydrogens (tertiary/aromatic N) is 2. The standard InChI is InChI=1S/C25H21Cl2F3N2O2/c1-2-4-22-24(34,16-5-3-6-17(15-16)25(28,29)30)32(21-13-9-19(27)10-14-21)23(33)31(22)20-11-7-18(26)8-12-20/h3,5-15,22,34H,2,4H2,1H3. The van der Waals surface area contributed by atoms with Crippen LogP contribution in [0, 0.1) is 0 Å². The van der Waals surface area contributed by atoms with E-state index < -0.39 is 29.5 Å². The smallest absolute Gasteiger partial charge is 0.365 e. The predicted octanol–water partition coefficient (Wildman–Crippen LogP) is 7.47. The van der Waals surface area contributed by atoms with E-state index in [1.807, 2.05) is 6.92 Å². The van der Waals surface area contributed by atoms with E-state index in [0.717, 1.165) is 17.0 Å². The largest absolute Gasteiger partial charge is 0.416 e. The fraction of sp³-hybridized carbons (Fsp3) is 0.240. The summed E-state index contributed by atoms with van der Waals surface area (Å²) < 4.78 is 40.6. The van der Waals surface area contributed by atoms with Crippen molar-refractivity contribution in [2.24, 2.45) is 0 Å². The third-order valence-corrected chi connectivity index (χ3v) is 6.39. The Morgan fingerprint density at radius 2 is 1.50 bits per heavy atom. The quantitative estimate of drug-likeness (QED) is 0.388. The fourth-order valence-electron chi connectivity index (χ4n) is 4.36. The second-order valence-electron chi connectivity index (χ2n) is 8.05. The molecule has 34 heavy (non-hydrogen) atoms. The molecule has 4 rings (SSSR count). The number of amides is 2. The Morgan fingerprint density at radius 3 is 2.03 bits per heavy atom. The van der Waals surface area contributed by atoms with Gasteiger partial charge in [-0.1, -0.05) is 48.7 Å². The number of alkyl halides is 3. The number of halogens is 5. The average molecular weight is 509 g/mol. The summed E-state index contributed by atoms with van der Waals surface area (Å²) in [6.45, 7) is 1.88. The van der Waals surface area contributed by atoms with Crippen molar-refractivity contribution in [1.82, 2.24) is 0 Å². The minimum atomic E-state index is -4.61. The molecule has 1 heterocycles. The molecule has 3 aromatic carbocycles. The van der Waals surface area contributed by atoms with Crippen LogP contribution in [0.25, 0.3) is 0 Å². The Hall–Kier alpha value is -2.74. The molecule has 2 atom stereocenters. The number of hydrogen-bond acceptors (Lipinski definition) is 2. The second-order valence-corrected chi connectivity index (χ2v) is 8.92. The number of anilines is 2. The number of rotatable bonds is 5. The van der Waals surface area contributed by atoms with Crippen molar-refractivity contribution in [2.45, 2.75) is 37.7 Å². The number of aliphatic hydroxyl groups is 1. The molecule has 0 radical (unpaired) electrons. The Labute approximate surface area is 205 Å². The molecule has 4 nitrogen and oxygen atoms in total. The molecule has 1 aliphatic heterocycles. The molecule has 2 amide bonds. The van der Waals surface area contributed by atoms with Gasteiger partial charge in [0.2, 0.25) is 0 Å². The molecule has 0 aliphatic carbocycles. The monoisotopic (exact) mass is 508 g/mol. The molecule has 0 saturated carbocycles. The van der Waals surface area contributed by atoms with Gasteiger partial charge in [0.05, 0.1) is 11.6 Å². The highest BCUT2D eigenvalue weighted by Gasteiger charge is 2.58. The number of carbonyl (C=O) groups is 1. The number of carbonyl (C=O) groups excluding carboxylic acids is 1. The first-order chi connectivity index (χ1) is 16.1. The molecule has 1 saturated heterocycles. The van der Waals surface area contributed by atoms with Gasteiger partial charge in [0, 0.05) is 27.0 Å². The van der Waals surface area contributed by atoms with Crippen molar-refractivity contribution >= 4 is 40.6 Å². The molecular formula is C25H21Cl2F3N2O2. The van der Waals surface area contributed by atoms with Gasteiger partial charge in [-0.15, -0.1) is 0 Å². The maximum Gasteiger partial charge on any atom is 0.416 e. The second kappa shape index (κ2) is 9.13. The molecule has 0 bridgehead atoms. The lowest BCUT2D eigenvalue weighted by molar-refractivity contribution is -0.137. The predicted molar refractivity (Wildman–Crippen MR) is 127 cm³/mol. The molecule has 0 spiro atoms. The molecular weight excluding hydrogens is 488 g/mol. The van der Waals surface area contributed by atoms with E-state index in [4.69, 9.17) is 23.2 Å². The summed E-state index contributed by atoms with van der Waals surface area (Å²) in [5.74, 6) is 0. The Kier molecular flexibility index (Phi) is 6.55. The highest BCUT2D eigenvalue weighted by atomic mass is 35.5. The Bertz CT molecular complexity index is 1190. The van der Waals surface area contributed by atoms with E-state index in [2.05, 4.69) is 0 Å². The summed E-state index contributed by atoms with van der Waals surface area (Å²) in [5, 5.41) is 13.1. The van der Waals surface area contributed by atoms with Crippen molar-refractivity contribution in [3.8, 4) is 0 Å². The van der Waals surface area contributed by atoms with Crippen LogP contribution in [0.1, 0.15) is 30.9 Å². The zero-order valence-corrected chi connectivity index (χ0v) is 19.6. The number of urea groups is 1. The van der Waals surface area contributed by atoms with Gasteiger partial charge < -0.3 is 5.11 Å². The van der Waals surface area contributed by atoms with Crippen molar-refractivity contribution in [2.75, 3.05) is 9.80 Å². The first-order valence-electron chi connectivity index (χ1n) is 10.6. The van der Waals surface area contributed by atoms with Gasteiger partial charge in [-0.2, -0.15) is 13.2 Å². The van der Waals surface area contributed by atoms with E-state index in [1.54, 1.807) is 48.5 Å². The van der Waals surface area contributed by atoms with Crippen LogP contribution >= 0.6 is 23.2 Å². The molecule has 1 aliphatic rings. The van der Waals surface area contributed by atoms with E-state index in [-0.39, 0.29) is 5.56 Å². The third-order valence-electron chi connectivity index (χ3n) is 5.88. The Morgan fingerprint density at radius 1 is 0.941 bits per heavy atom. The first kappa shape index (κ1) is 24.4. The SMILES string of the molecule is CCCC1N(c2ccc(Cl)cc2)C(=O)N(c2ccc(Cl)cc2)C1(O)c1cccc(C(F)(F)F)c1. The number of hydrogen-bond donors (Lipinski definition) is 1. The normalized spacial score (nSPS) is 20.8. The average Bonchev–Trinajstić information content (AvgIpc) is 3.02. The van der Waals surface area contributed by atoms with Crippen LogP contribution in [0.15, 0.2) is 72.8 Å². The van der Waals surface area contributed by atoms with Crippen LogP contribution in [-0.2, 0) is 11.9 Å². The molecule has 1 N–H and O–H groups in total. The lowest BCUT2D eigenvalue weighted by Gasteiger charge is -2.37. The van der Waals surface area contributed by atoms with E-state index in [9.17, 15) is 23.1 Å². The van der Waals surface area contributed by atoms with Crippen LogP contribution < -0.4 is 9.80 Å². The first-order valence-corrected chi connectivity index (χ1v) is 11.4. The summed E-state index contributed by atoms with van der Waals surface area (Å²) in [4.78, 5) is 16.4. The summed E-state index contributed by atoms with van der Waals surface area (Å²) in [5.41, 5.74) is -2.29. The molecule has 178 valence electrons. The topological polar surface area (TPSA) is 43.8 Å². The fourth-order valence-corrected chi connectivity index (χ4v) is 4.61. The van der Waals surface area contributed by atoms with Gasteiger partial charge in [-0.25, -0.2) is 4.79 Å². The van der Waals surface area contributed by atoms with E-state index >= 15 is 0 Å². The minimum Gasteiger partial charge on any atom is -0.365 e. The lowest BCUT2D eigenvalue weighted by atomic mass is 9.89. The summed E-state index contributed by atoms with van der Waals surface area (Å²) in [6.07, 6.45) is -3.72. The minimum absolute atomic E-state index is 0.0412. The zero-order valence-electron chi connectivity index (χ0n) is 18.1. The molecule has 0 aromatic heterocycles. The van der Waals surface area contributed by atoms with Crippen molar-refractivity contribution in [3.05, 3.63) is 94.0 Å². The van der Waals surface area contributed by atoms with E-state index in [0.29, 0.717) is 34.3 Å². The molecule has 2 unspecified atom stereocenters. The van der Waals surface area contributed by atoms with E-state index in [1.165, 1.54) is 17.0 Å². The molecule has 3 aromatic rings. The third kappa shape index (κ3) is 4.24. The molecule has 1 fully saturated rings. The summed E-state index contributed by atoms with van der Waals surface area (Å²) in [6, 6.07) is 15.7.